The summed E-state index contributed by atoms with van der Waals surface area (Å²) in [5.41, 5.74) is 8.99. The number of nitrogen functional groups attached to an aromatic ring is 1. The van der Waals surface area contributed by atoms with Gasteiger partial charge in [0.25, 0.3) is 0 Å². The van der Waals surface area contributed by atoms with Gasteiger partial charge in [-0.3, -0.25) is 0 Å². The first-order valence-corrected chi connectivity index (χ1v) is 6.80. The van der Waals surface area contributed by atoms with E-state index in [1.54, 1.807) is 23.0 Å². The largest absolute Gasteiger partial charge is 0.396 e. The fraction of sp³-hybridized carbons (Fsp3) is 0. The van der Waals surface area contributed by atoms with Gasteiger partial charge in [-0.15, -0.1) is 0 Å². The summed E-state index contributed by atoms with van der Waals surface area (Å²) in [6, 6.07) is 13.9. The molecule has 0 unspecified atom stereocenters. The van der Waals surface area contributed by atoms with Crippen molar-refractivity contribution in [3.05, 3.63) is 65.0 Å². The molecule has 0 amide bonds. The lowest BCUT2D eigenvalue weighted by molar-refractivity contribution is 0.627. The van der Waals surface area contributed by atoms with E-state index in [9.17, 15) is 4.39 Å². The summed E-state index contributed by atoms with van der Waals surface area (Å²) >= 11 is 3.43. The minimum absolute atomic E-state index is 0.277. The van der Waals surface area contributed by atoms with E-state index in [1.807, 2.05) is 24.3 Å². The molecule has 0 radical (unpaired) electrons. The lowest BCUT2D eigenvalue weighted by atomic mass is 10.1. The third kappa shape index (κ3) is 2.44. The maximum Gasteiger partial charge on any atom is 0.123 e. The molecule has 3 nitrogen and oxygen atoms in total. The molecule has 5 heteroatoms. The van der Waals surface area contributed by atoms with E-state index in [0.717, 1.165) is 15.7 Å². The van der Waals surface area contributed by atoms with Crippen LogP contribution >= 0.6 is 15.9 Å². The fourth-order valence-electron chi connectivity index (χ4n) is 1.97. The van der Waals surface area contributed by atoms with Gasteiger partial charge in [-0.05, 0) is 36.4 Å². The van der Waals surface area contributed by atoms with E-state index in [0.29, 0.717) is 11.4 Å². The second-order valence-electron chi connectivity index (χ2n) is 4.36. The number of nitrogens with zero attached hydrogens (tertiary/aromatic N) is 2. The Morgan fingerprint density at radius 1 is 1.10 bits per heavy atom. The van der Waals surface area contributed by atoms with E-state index in [4.69, 9.17) is 5.73 Å². The number of halogens is 2. The van der Waals surface area contributed by atoms with Gasteiger partial charge in [0.15, 0.2) is 0 Å². The first-order chi connectivity index (χ1) is 9.63. The Morgan fingerprint density at radius 3 is 2.55 bits per heavy atom. The van der Waals surface area contributed by atoms with Crippen molar-refractivity contribution in [2.24, 2.45) is 0 Å². The maximum atomic E-state index is 12.9. The molecule has 0 bridgehead atoms. The molecule has 3 rings (SSSR count). The second kappa shape index (κ2) is 5.09. The predicted molar refractivity (Wildman–Crippen MR) is 81.1 cm³/mol. The Balaban J connectivity index is 2.05. The van der Waals surface area contributed by atoms with Crippen LogP contribution in [0.15, 0.2) is 59.2 Å². The highest BCUT2D eigenvalue weighted by Gasteiger charge is 2.10. The van der Waals surface area contributed by atoms with Crippen molar-refractivity contribution < 1.29 is 4.39 Å². The molecule has 2 aromatic carbocycles. The van der Waals surface area contributed by atoms with Crippen molar-refractivity contribution in [1.29, 1.82) is 0 Å². The molecule has 0 aliphatic rings. The van der Waals surface area contributed by atoms with E-state index >= 15 is 0 Å². The van der Waals surface area contributed by atoms with Crippen molar-refractivity contribution in [2.45, 2.75) is 0 Å². The molecule has 3 aromatic rings. The number of hydrogen-bond acceptors (Lipinski definition) is 2. The number of nitrogens with two attached hydrogens (primary N) is 1. The summed E-state index contributed by atoms with van der Waals surface area (Å²) in [6.45, 7) is 0. The molecule has 2 N–H and O–H groups in total. The van der Waals surface area contributed by atoms with Crippen molar-refractivity contribution in [2.75, 3.05) is 5.73 Å². The van der Waals surface area contributed by atoms with Crippen LogP contribution in [0.5, 0.6) is 0 Å². The second-order valence-corrected chi connectivity index (χ2v) is 5.28. The first kappa shape index (κ1) is 12.9. The van der Waals surface area contributed by atoms with Gasteiger partial charge in [-0.1, -0.05) is 28.1 Å². The number of hydrogen-bond donors (Lipinski definition) is 1. The van der Waals surface area contributed by atoms with Gasteiger partial charge >= 0.3 is 0 Å². The fourth-order valence-corrected chi connectivity index (χ4v) is 2.37. The highest BCUT2D eigenvalue weighted by atomic mass is 79.9. The summed E-state index contributed by atoms with van der Waals surface area (Å²) < 4.78 is 15.5. The van der Waals surface area contributed by atoms with Gasteiger partial charge in [0.05, 0.1) is 17.6 Å². The Hall–Kier alpha value is -2.14. The lowest BCUT2D eigenvalue weighted by Gasteiger charge is -2.01. The number of rotatable bonds is 2. The van der Waals surface area contributed by atoms with Gasteiger partial charge in [-0.25, -0.2) is 9.07 Å². The molecule has 1 aromatic heterocycles. The van der Waals surface area contributed by atoms with Gasteiger partial charge in [0, 0.05) is 10.0 Å². The Kier molecular flexibility index (Phi) is 3.28. The molecule has 100 valence electrons. The molecule has 0 fully saturated rings. The molecular weight excluding hydrogens is 321 g/mol. The third-order valence-electron chi connectivity index (χ3n) is 2.93. The summed E-state index contributed by atoms with van der Waals surface area (Å²) in [6.07, 6.45) is 1.73. The van der Waals surface area contributed by atoms with E-state index < -0.39 is 0 Å². The molecule has 0 aliphatic carbocycles. The molecule has 0 spiro atoms. The van der Waals surface area contributed by atoms with E-state index in [2.05, 4.69) is 21.0 Å². The summed E-state index contributed by atoms with van der Waals surface area (Å²) in [5, 5.41) is 4.47. The smallest absolute Gasteiger partial charge is 0.123 e. The van der Waals surface area contributed by atoms with Crippen LogP contribution in [0, 0.1) is 5.82 Å². The van der Waals surface area contributed by atoms with Crippen molar-refractivity contribution in [3.8, 4) is 16.9 Å². The zero-order chi connectivity index (χ0) is 14.1. The molecule has 1 heterocycles. The van der Waals surface area contributed by atoms with Crippen LogP contribution in [0.2, 0.25) is 0 Å². The van der Waals surface area contributed by atoms with Crippen LogP contribution in [-0.4, -0.2) is 9.78 Å². The summed E-state index contributed by atoms with van der Waals surface area (Å²) in [7, 11) is 0. The van der Waals surface area contributed by atoms with Crippen molar-refractivity contribution >= 4 is 21.6 Å². The topological polar surface area (TPSA) is 43.8 Å². The zero-order valence-corrected chi connectivity index (χ0v) is 12.0. The average Bonchev–Trinajstić information content (AvgIpc) is 2.82. The molecule has 0 saturated heterocycles. The van der Waals surface area contributed by atoms with Gasteiger partial charge in [-0.2, -0.15) is 5.10 Å². The van der Waals surface area contributed by atoms with Crippen LogP contribution < -0.4 is 5.73 Å². The van der Waals surface area contributed by atoms with Crippen molar-refractivity contribution in [3.63, 3.8) is 0 Å². The zero-order valence-electron chi connectivity index (χ0n) is 10.4. The predicted octanol–water partition coefficient (Wildman–Crippen LogP) is 4.02. The Bertz CT molecular complexity index is 750. The number of aromatic nitrogens is 2. The molecule has 0 atom stereocenters. The third-order valence-corrected chi connectivity index (χ3v) is 3.43. The Morgan fingerprint density at radius 2 is 1.85 bits per heavy atom. The minimum atomic E-state index is -0.277. The van der Waals surface area contributed by atoms with Gasteiger partial charge in [0.1, 0.15) is 11.5 Å². The first-order valence-electron chi connectivity index (χ1n) is 6.00. The maximum absolute atomic E-state index is 12.9. The Labute approximate surface area is 124 Å². The lowest BCUT2D eigenvalue weighted by Crippen LogP contribution is -1.94. The quantitative estimate of drug-likeness (QED) is 0.770. The molecular formula is C15H11BrFN3. The molecule has 0 saturated carbocycles. The molecule has 0 aliphatic heterocycles. The standard InChI is InChI=1S/C15H11BrFN3/c16-11-3-1-2-10(8-11)15-14(18)9-20(19-15)13-6-4-12(17)5-7-13/h1-9H,18H2. The van der Waals surface area contributed by atoms with Crippen LogP contribution in [-0.2, 0) is 0 Å². The van der Waals surface area contributed by atoms with Crippen LogP contribution in [0.4, 0.5) is 10.1 Å². The van der Waals surface area contributed by atoms with Crippen molar-refractivity contribution in [1.82, 2.24) is 9.78 Å². The van der Waals surface area contributed by atoms with E-state index in [1.165, 1.54) is 12.1 Å². The van der Waals surface area contributed by atoms with Gasteiger partial charge < -0.3 is 5.73 Å². The van der Waals surface area contributed by atoms with Crippen LogP contribution in [0.3, 0.4) is 0 Å². The van der Waals surface area contributed by atoms with E-state index in [-0.39, 0.29) is 5.82 Å². The highest BCUT2D eigenvalue weighted by molar-refractivity contribution is 9.10. The number of benzene rings is 2. The van der Waals surface area contributed by atoms with Crippen LogP contribution in [0.25, 0.3) is 16.9 Å². The van der Waals surface area contributed by atoms with Crippen LogP contribution in [0.1, 0.15) is 0 Å². The normalized spacial score (nSPS) is 10.7. The SMILES string of the molecule is Nc1cn(-c2ccc(F)cc2)nc1-c1cccc(Br)c1. The minimum Gasteiger partial charge on any atom is -0.396 e. The average molecular weight is 332 g/mol. The molecule has 20 heavy (non-hydrogen) atoms. The monoisotopic (exact) mass is 331 g/mol. The number of anilines is 1. The van der Waals surface area contributed by atoms with Gasteiger partial charge in [0.2, 0.25) is 0 Å². The summed E-state index contributed by atoms with van der Waals surface area (Å²) in [5.74, 6) is -0.277. The highest BCUT2D eigenvalue weighted by Crippen LogP contribution is 2.27. The summed E-state index contributed by atoms with van der Waals surface area (Å²) in [4.78, 5) is 0.